The lowest BCUT2D eigenvalue weighted by Crippen LogP contribution is -2.46. The predicted molar refractivity (Wildman–Crippen MR) is 112 cm³/mol. The average Bonchev–Trinajstić information content (AvgIpc) is 2.77. The standard InChI is InChI=1S/C20H24N4O3S/c1-27-18-5-3-2-4-17(18)24(20(26)23-10-12-28-13-11-23)14-15-6-8-16(9-7-15)19(25)22-21/h2-9H,10-14,21H2,1H3,(H,22,25). The van der Waals surface area contributed by atoms with Gasteiger partial charge in [0.2, 0.25) is 0 Å². The van der Waals surface area contributed by atoms with Crippen LogP contribution in [0.15, 0.2) is 48.5 Å². The van der Waals surface area contributed by atoms with Crippen molar-refractivity contribution in [1.29, 1.82) is 0 Å². The van der Waals surface area contributed by atoms with Gasteiger partial charge in [0.05, 0.1) is 19.3 Å². The summed E-state index contributed by atoms with van der Waals surface area (Å²) >= 11 is 1.86. The zero-order chi connectivity index (χ0) is 19.9. The zero-order valence-corrected chi connectivity index (χ0v) is 16.6. The Hall–Kier alpha value is -2.71. The van der Waals surface area contributed by atoms with E-state index in [1.807, 2.05) is 53.1 Å². The monoisotopic (exact) mass is 400 g/mol. The van der Waals surface area contributed by atoms with E-state index in [1.165, 1.54) is 0 Å². The van der Waals surface area contributed by atoms with Crippen molar-refractivity contribution in [2.75, 3.05) is 36.6 Å². The molecule has 1 heterocycles. The number of urea groups is 1. The lowest BCUT2D eigenvalue weighted by Gasteiger charge is -2.33. The number of methoxy groups -OCH3 is 1. The maximum Gasteiger partial charge on any atom is 0.324 e. The first-order valence-corrected chi connectivity index (χ1v) is 10.2. The van der Waals surface area contributed by atoms with Crippen LogP contribution in [0.5, 0.6) is 5.75 Å². The number of amides is 3. The van der Waals surface area contributed by atoms with Gasteiger partial charge in [-0.1, -0.05) is 24.3 Å². The second-order valence-electron chi connectivity index (χ2n) is 6.31. The number of hydrogen-bond donors (Lipinski definition) is 2. The fourth-order valence-electron chi connectivity index (χ4n) is 3.06. The highest BCUT2D eigenvalue weighted by molar-refractivity contribution is 7.99. The van der Waals surface area contributed by atoms with Crippen LogP contribution in [0.3, 0.4) is 0 Å². The van der Waals surface area contributed by atoms with Crippen LogP contribution in [0.25, 0.3) is 0 Å². The van der Waals surface area contributed by atoms with Crippen molar-refractivity contribution in [3.63, 3.8) is 0 Å². The zero-order valence-electron chi connectivity index (χ0n) is 15.8. The molecule has 3 N–H and O–H groups in total. The number of ether oxygens (including phenoxy) is 1. The molecule has 0 aromatic heterocycles. The molecule has 0 bridgehead atoms. The van der Waals surface area contributed by atoms with Crippen LogP contribution in [-0.4, -0.2) is 48.5 Å². The van der Waals surface area contributed by atoms with Crippen LogP contribution in [0.4, 0.5) is 10.5 Å². The van der Waals surface area contributed by atoms with E-state index in [1.54, 1.807) is 24.1 Å². The first-order chi connectivity index (χ1) is 13.6. The molecule has 0 saturated carbocycles. The van der Waals surface area contributed by atoms with Crippen molar-refractivity contribution in [2.45, 2.75) is 6.54 Å². The minimum atomic E-state index is -0.352. The van der Waals surface area contributed by atoms with Crippen LogP contribution in [0.1, 0.15) is 15.9 Å². The van der Waals surface area contributed by atoms with E-state index in [0.717, 1.165) is 35.8 Å². The Morgan fingerprint density at radius 2 is 1.82 bits per heavy atom. The van der Waals surface area contributed by atoms with Gasteiger partial charge in [0.25, 0.3) is 5.91 Å². The highest BCUT2D eigenvalue weighted by atomic mass is 32.2. The summed E-state index contributed by atoms with van der Waals surface area (Å²) in [4.78, 5) is 28.5. The van der Waals surface area contributed by atoms with Crippen molar-refractivity contribution >= 4 is 29.4 Å². The molecule has 2 aromatic carbocycles. The first kappa shape index (κ1) is 20.0. The van der Waals surface area contributed by atoms with Crippen LogP contribution < -0.4 is 20.9 Å². The number of benzene rings is 2. The molecule has 0 aliphatic carbocycles. The maximum atomic E-state index is 13.3. The molecule has 148 valence electrons. The number of hydrazine groups is 1. The third-order valence-electron chi connectivity index (χ3n) is 4.58. The molecule has 0 radical (unpaired) electrons. The van der Waals surface area contributed by atoms with Crippen molar-refractivity contribution in [3.8, 4) is 5.75 Å². The Balaban J connectivity index is 1.89. The van der Waals surface area contributed by atoms with Crippen LogP contribution in [0.2, 0.25) is 0 Å². The first-order valence-electron chi connectivity index (χ1n) is 9.01. The van der Waals surface area contributed by atoms with Gasteiger partial charge in [-0.15, -0.1) is 0 Å². The van der Waals surface area contributed by atoms with E-state index in [-0.39, 0.29) is 11.9 Å². The summed E-state index contributed by atoms with van der Waals surface area (Å²) in [5.41, 5.74) is 4.20. The molecule has 0 atom stereocenters. The van der Waals surface area contributed by atoms with Gasteiger partial charge < -0.3 is 9.64 Å². The summed E-state index contributed by atoms with van der Waals surface area (Å²) in [6.07, 6.45) is 0. The molecule has 3 amide bonds. The average molecular weight is 401 g/mol. The second kappa shape index (κ2) is 9.48. The maximum absolute atomic E-state index is 13.3. The Morgan fingerprint density at radius 1 is 1.14 bits per heavy atom. The highest BCUT2D eigenvalue weighted by Gasteiger charge is 2.26. The van der Waals surface area contributed by atoms with Gasteiger partial charge >= 0.3 is 6.03 Å². The third-order valence-corrected chi connectivity index (χ3v) is 5.52. The van der Waals surface area contributed by atoms with Gasteiger partial charge in [0.1, 0.15) is 5.75 Å². The summed E-state index contributed by atoms with van der Waals surface area (Å²) < 4.78 is 5.48. The van der Waals surface area contributed by atoms with Crippen molar-refractivity contribution in [2.24, 2.45) is 5.84 Å². The Bertz CT molecular complexity index is 822. The summed E-state index contributed by atoms with van der Waals surface area (Å²) in [5.74, 6) is 7.35. The minimum Gasteiger partial charge on any atom is -0.495 e. The van der Waals surface area contributed by atoms with E-state index in [2.05, 4.69) is 5.43 Å². The number of para-hydroxylation sites is 2. The van der Waals surface area contributed by atoms with Gasteiger partial charge in [-0.05, 0) is 29.8 Å². The number of nitrogen functional groups attached to an aromatic ring is 1. The summed E-state index contributed by atoms with van der Waals surface area (Å²) in [6, 6.07) is 14.5. The molecule has 0 spiro atoms. The Labute approximate surface area is 168 Å². The van der Waals surface area contributed by atoms with E-state index in [4.69, 9.17) is 10.6 Å². The highest BCUT2D eigenvalue weighted by Crippen LogP contribution is 2.30. The van der Waals surface area contributed by atoms with Crippen LogP contribution in [0, 0.1) is 0 Å². The fourth-order valence-corrected chi connectivity index (χ4v) is 3.96. The third kappa shape index (κ3) is 4.58. The number of nitrogens with two attached hydrogens (primary N) is 1. The molecule has 3 rings (SSSR count). The molecule has 7 nitrogen and oxygen atoms in total. The van der Waals surface area contributed by atoms with Gasteiger partial charge in [0.15, 0.2) is 0 Å². The number of carbonyl (C=O) groups is 2. The SMILES string of the molecule is COc1ccccc1N(Cc1ccc(C(=O)NN)cc1)C(=O)N1CCSCC1. The number of rotatable bonds is 5. The molecule has 0 unspecified atom stereocenters. The van der Waals surface area contributed by atoms with Crippen molar-refractivity contribution in [1.82, 2.24) is 10.3 Å². The molecule has 2 aromatic rings. The number of nitrogens with zero attached hydrogens (tertiary/aromatic N) is 2. The van der Waals surface area contributed by atoms with Crippen LogP contribution in [-0.2, 0) is 6.54 Å². The lowest BCUT2D eigenvalue weighted by molar-refractivity contribution is 0.0953. The van der Waals surface area contributed by atoms with E-state index in [0.29, 0.717) is 17.9 Å². The molecule has 1 aliphatic rings. The second-order valence-corrected chi connectivity index (χ2v) is 7.54. The molecular weight excluding hydrogens is 376 g/mol. The normalized spacial score (nSPS) is 13.7. The summed E-state index contributed by atoms with van der Waals surface area (Å²) in [5, 5.41) is 0. The molecule has 1 saturated heterocycles. The van der Waals surface area contributed by atoms with E-state index < -0.39 is 0 Å². The quantitative estimate of drug-likeness (QED) is 0.457. The van der Waals surface area contributed by atoms with Gasteiger partial charge in [-0.2, -0.15) is 11.8 Å². The van der Waals surface area contributed by atoms with Crippen molar-refractivity contribution in [3.05, 3.63) is 59.7 Å². The fraction of sp³-hybridized carbons (Fsp3) is 0.300. The van der Waals surface area contributed by atoms with Crippen LogP contribution >= 0.6 is 11.8 Å². The smallest absolute Gasteiger partial charge is 0.324 e. The molecular formula is C20H24N4O3S. The van der Waals surface area contributed by atoms with Gasteiger partial charge in [0, 0.05) is 30.2 Å². The van der Waals surface area contributed by atoms with E-state index >= 15 is 0 Å². The molecule has 28 heavy (non-hydrogen) atoms. The number of hydrogen-bond acceptors (Lipinski definition) is 5. The van der Waals surface area contributed by atoms with E-state index in [9.17, 15) is 9.59 Å². The molecule has 1 fully saturated rings. The number of thioether (sulfide) groups is 1. The van der Waals surface area contributed by atoms with Crippen molar-refractivity contribution < 1.29 is 14.3 Å². The topological polar surface area (TPSA) is 87.9 Å². The number of nitrogens with one attached hydrogen (secondary N) is 1. The number of anilines is 1. The largest absolute Gasteiger partial charge is 0.495 e. The number of carbonyl (C=O) groups excluding carboxylic acids is 2. The predicted octanol–water partition coefficient (Wildman–Crippen LogP) is 2.47. The Kier molecular flexibility index (Phi) is 6.78. The lowest BCUT2D eigenvalue weighted by atomic mass is 10.1. The molecule has 1 aliphatic heterocycles. The Morgan fingerprint density at radius 3 is 2.46 bits per heavy atom. The van der Waals surface area contributed by atoms with Gasteiger partial charge in [-0.25, -0.2) is 10.6 Å². The summed E-state index contributed by atoms with van der Waals surface area (Å²) in [7, 11) is 1.60. The summed E-state index contributed by atoms with van der Waals surface area (Å²) in [6.45, 7) is 1.82. The molecule has 8 heteroatoms. The van der Waals surface area contributed by atoms with Gasteiger partial charge in [-0.3, -0.25) is 15.1 Å². The minimum absolute atomic E-state index is 0.0476.